The number of hydrogen-bond acceptors (Lipinski definition) is 6. The van der Waals surface area contributed by atoms with Crippen LogP contribution in [0.1, 0.15) is 5.76 Å². The molecule has 0 aliphatic rings. The van der Waals surface area contributed by atoms with Crippen molar-refractivity contribution >= 4 is 5.69 Å². The summed E-state index contributed by atoms with van der Waals surface area (Å²) in [4.78, 5) is 4.38. The molecule has 0 saturated carbocycles. The molecule has 2 aromatic heterocycles. The highest BCUT2D eigenvalue weighted by Crippen LogP contribution is 2.25. The summed E-state index contributed by atoms with van der Waals surface area (Å²) in [6.07, 6.45) is 1.60. The fourth-order valence-electron chi connectivity index (χ4n) is 2.00. The smallest absolute Gasteiger partial charge is 0.258 e. The van der Waals surface area contributed by atoms with Crippen LogP contribution in [0, 0.1) is 6.92 Å². The van der Waals surface area contributed by atoms with Crippen LogP contribution in [0.4, 0.5) is 5.69 Å². The number of aliphatic hydroxyl groups excluding tert-OH is 1. The summed E-state index contributed by atoms with van der Waals surface area (Å²) in [5.41, 5.74) is 2.59. The maximum Gasteiger partial charge on any atom is 0.258 e. The summed E-state index contributed by atoms with van der Waals surface area (Å²) < 4.78 is 10.5. The minimum absolute atomic E-state index is 0.0961. The number of furan rings is 1. The summed E-state index contributed by atoms with van der Waals surface area (Å²) in [5.74, 6) is 1.73. The molecule has 2 N–H and O–H groups in total. The molecule has 0 amide bonds. The quantitative estimate of drug-likeness (QED) is 0.749. The van der Waals surface area contributed by atoms with Gasteiger partial charge in [-0.25, -0.2) is 0 Å². The van der Waals surface area contributed by atoms with Crippen LogP contribution in [0.5, 0.6) is 0 Å². The van der Waals surface area contributed by atoms with Crippen molar-refractivity contribution in [2.75, 3.05) is 18.5 Å². The summed E-state index contributed by atoms with van der Waals surface area (Å²) in [6, 6.07) is 9.39. The van der Waals surface area contributed by atoms with Crippen LogP contribution in [-0.2, 0) is 0 Å². The van der Waals surface area contributed by atoms with Gasteiger partial charge in [0.05, 0.1) is 18.4 Å². The molecule has 6 nitrogen and oxygen atoms in total. The number of benzene rings is 1. The highest BCUT2D eigenvalue weighted by atomic mass is 16.5. The molecule has 1 aromatic carbocycles. The Balaban J connectivity index is 1.81. The third kappa shape index (κ3) is 2.80. The molecule has 21 heavy (non-hydrogen) atoms. The molecule has 0 saturated heterocycles. The van der Waals surface area contributed by atoms with Crippen LogP contribution in [0.15, 0.2) is 45.5 Å². The van der Waals surface area contributed by atoms with E-state index in [9.17, 15) is 0 Å². The SMILES string of the molecule is Cc1occc1-c1noc(-c2ccc(NCCO)cc2)n1. The predicted molar refractivity (Wildman–Crippen MR) is 77.7 cm³/mol. The van der Waals surface area contributed by atoms with Gasteiger partial charge in [-0.1, -0.05) is 5.16 Å². The lowest BCUT2D eigenvalue weighted by molar-refractivity contribution is 0.311. The first-order chi connectivity index (χ1) is 10.3. The fourth-order valence-corrected chi connectivity index (χ4v) is 2.00. The van der Waals surface area contributed by atoms with Crippen molar-refractivity contribution in [1.29, 1.82) is 0 Å². The van der Waals surface area contributed by atoms with Crippen molar-refractivity contribution in [3.8, 4) is 22.8 Å². The highest BCUT2D eigenvalue weighted by molar-refractivity contribution is 5.62. The standard InChI is InChI=1S/C15H15N3O3/c1-10-13(6-9-20-10)14-17-15(21-18-14)11-2-4-12(5-3-11)16-7-8-19/h2-6,9,16,19H,7-8H2,1H3. The van der Waals surface area contributed by atoms with Gasteiger partial charge in [-0.2, -0.15) is 4.98 Å². The molecule has 108 valence electrons. The number of rotatable bonds is 5. The van der Waals surface area contributed by atoms with Gasteiger partial charge in [-0.05, 0) is 37.3 Å². The molecule has 3 aromatic rings. The third-order valence-corrected chi connectivity index (χ3v) is 3.10. The maximum atomic E-state index is 8.77. The molecular formula is C15H15N3O3. The monoisotopic (exact) mass is 285 g/mol. The van der Waals surface area contributed by atoms with Crippen molar-refractivity contribution in [2.24, 2.45) is 0 Å². The predicted octanol–water partition coefficient (Wildman–Crippen LogP) is 2.71. The van der Waals surface area contributed by atoms with Gasteiger partial charge in [0.25, 0.3) is 5.89 Å². The van der Waals surface area contributed by atoms with E-state index in [1.807, 2.05) is 37.3 Å². The van der Waals surface area contributed by atoms with Crippen LogP contribution < -0.4 is 5.32 Å². The Hall–Kier alpha value is -2.60. The van der Waals surface area contributed by atoms with E-state index in [2.05, 4.69) is 15.5 Å². The minimum atomic E-state index is 0.0961. The summed E-state index contributed by atoms with van der Waals surface area (Å²) >= 11 is 0. The van der Waals surface area contributed by atoms with E-state index < -0.39 is 0 Å². The molecule has 0 spiro atoms. The second-order valence-electron chi connectivity index (χ2n) is 4.54. The average molecular weight is 285 g/mol. The van der Waals surface area contributed by atoms with Gasteiger partial charge in [-0.15, -0.1) is 0 Å². The van der Waals surface area contributed by atoms with Crippen molar-refractivity contribution in [2.45, 2.75) is 6.92 Å². The van der Waals surface area contributed by atoms with E-state index in [4.69, 9.17) is 14.0 Å². The first-order valence-corrected chi connectivity index (χ1v) is 6.61. The van der Waals surface area contributed by atoms with Crippen molar-refractivity contribution in [3.05, 3.63) is 42.4 Å². The topological polar surface area (TPSA) is 84.3 Å². The molecule has 3 rings (SSSR count). The number of nitrogens with one attached hydrogen (secondary N) is 1. The second kappa shape index (κ2) is 5.80. The Kier molecular flexibility index (Phi) is 3.70. The Morgan fingerprint density at radius 1 is 1.19 bits per heavy atom. The fraction of sp³-hybridized carbons (Fsp3) is 0.200. The van der Waals surface area contributed by atoms with Gasteiger partial charge in [0.1, 0.15) is 5.76 Å². The lowest BCUT2D eigenvalue weighted by Crippen LogP contribution is -2.04. The van der Waals surface area contributed by atoms with Crippen molar-refractivity contribution < 1.29 is 14.0 Å². The zero-order valence-corrected chi connectivity index (χ0v) is 11.5. The van der Waals surface area contributed by atoms with Gasteiger partial charge in [0.15, 0.2) is 0 Å². The summed E-state index contributed by atoms with van der Waals surface area (Å²) in [5, 5.41) is 15.8. The number of nitrogens with zero attached hydrogens (tertiary/aromatic N) is 2. The van der Waals surface area contributed by atoms with Crippen LogP contribution in [0.25, 0.3) is 22.8 Å². The van der Waals surface area contributed by atoms with Gasteiger partial charge in [0.2, 0.25) is 5.82 Å². The van der Waals surface area contributed by atoms with E-state index in [1.165, 1.54) is 0 Å². The average Bonchev–Trinajstić information content (AvgIpc) is 3.14. The second-order valence-corrected chi connectivity index (χ2v) is 4.54. The number of aromatic nitrogens is 2. The van der Waals surface area contributed by atoms with Crippen molar-refractivity contribution in [1.82, 2.24) is 10.1 Å². The van der Waals surface area contributed by atoms with Crippen LogP contribution in [0.3, 0.4) is 0 Å². The van der Waals surface area contributed by atoms with Crippen LogP contribution in [0.2, 0.25) is 0 Å². The number of anilines is 1. The molecule has 0 bridgehead atoms. The summed E-state index contributed by atoms with van der Waals surface area (Å²) in [7, 11) is 0. The normalized spacial score (nSPS) is 10.8. The van der Waals surface area contributed by atoms with Gasteiger partial charge in [-0.3, -0.25) is 0 Å². The number of aryl methyl sites for hydroxylation is 1. The molecular weight excluding hydrogens is 270 g/mol. The molecule has 0 atom stereocenters. The van der Waals surface area contributed by atoms with E-state index in [-0.39, 0.29) is 6.61 Å². The largest absolute Gasteiger partial charge is 0.469 e. The highest BCUT2D eigenvalue weighted by Gasteiger charge is 2.13. The first kappa shape index (κ1) is 13.4. The van der Waals surface area contributed by atoms with E-state index in [1.54, 1.807) is 6.26 Å². The van der Waals surface area contributed by atoms with Gasteiger partial charge >= 0.3 is 0 Å². The zero-order chi connectivity index (χ0) is 14.7. The van der Waals surface area contributed by atoms with Gasteiger partial charge < -0.3 is 19.4 Å². The Labute approximate surface area is 121 Å². The van der Waals surface area contributed by atoms with Crippen LogP contribution >= 0.6 is 0 Å². The third-order valence-electron chi connectivity index (χ3n) is 3.10. The molecule has 0 fully saturated rings. The Bertz CT molecular complexity index is 716. The lowest BCUT2D eigenvalue weighted by atomic mass is 10.2. The molecule has 6 heteroatoms. The first-order valence-electron chi connectivity index (χ1n) is 6.61. The molecule has 0 unspecified atom stereocenters. The molecule has 0 radical (unpaired) electrons. The van der Waals surface area contributed by atoms with E-state index in [0.717, 1.165) is 22.6 Å². The van der Waals surface area contributed by atoms with Crippen molar-refractivity contribution in [3.63, 3.8) is 0 Å². The Morgan fingerprint density at radius 3 is 2.67 bits per heavy atom. The zero-order valence-electron chi connectivity index (χ0n) is 11.5. The van der Waals surface area contributed by atoms with Crippen LogP contribution in [-0.4, -0.2) is 28.4 Å². The molecule has 0 aliphatic heterocycles. The maximum absolute atomic E-state index is 8.77. The minimum Gasteiger partial charge on any atom is -0.469 e. The van der Waals surface area contributed by atoms with Gasteiger partial charge in [0, 0.05) is 17.8 Å². The summed E-state index contributed by atoms with van der Waals surface area (Å²) in [6.45, 7) is 2.47. The molecule has 0 aliphatic carbocycles. The number of hydrogen-bond donors (Lipinski definition) is 2. The Morgan fingerprint density at radius 2 is 2.00 bits per heavy atom. The number of aliphatic hydroxyl groups is 1. The lowest BCUT2D eigenvalue weighted by Gasteiger charge is -2.03. The van der Waals surface area contributed by atoms with E-state index >= 15 is 0 Å². The van der Waals surface area contributed by atoms with E-state index in [0.29, 0.717) is 18.3 Å². The molecule has 2 heterocycles.